The number of likely N-dealkylation sites (N-methyl/N-ethyl adjacent to an activating group) is 1. The van der Waals surface area contributed by atoms with Crippen molar-refractivity contribution >= 4 is 33.4 Å². The number of benzene rings is 1. The van der Waals surface area contributed by atoms with E-state index in [1.165, 1.54) is 29.1 Å². The van der Waals surface area contributed by atoms with Crippen molar-refractivity contribution in [2.45, 2.75) is 19.3 Å². The van der Waals surface area contributed by atoms with Crippen molar-refractivity contribution in [1.29, 1.82) is 0 Å². The van der Waals surface area contributed by atoms with Crippen molar-refractivity contribution in [3.8, 4) is 0 Å². The van der Waals surface area contributed by atoms with Crippen LogP contribution in [0.1, 0.15) is 19.3 Å². The Hall–Kier alpha value is -1.40. The molecule has 120 valence electrons. The van der Waals surface area contributed by atoms with Crippen molar-refractivity contribution in [3.63, 3.8) is 0 Å². The Morgan fingerprint density at radius 3 is 2.59 bits per heavy atom. The number of quaternary nitrogens is 1. The quantitative estimate of drug-likeness (QED) is 0.811. The van der Waals surface area contributed by atoms with Crippen LogP contribution in [0, 0.1) is 0 Å². The maximum absolute atomic E-state index is 12.2. The number of para-hydroxylation sites is 1. The smallest absolute Gasteiger partial charge is 0.277 e. The van der Waals surface area contributed by atoms with Gasteiger partial charge in [-0.05, 0) is 47.3 Å². The van der Waals surface area contributed by atoms with Crippen LogP contribution in [-0.2, 0) is 9.59 Å². The summed E-state index contributed by atoms with van der Waals surface area (Å²) in [5.41, 5.74) is 0.718. The molecule has 0 unspecified atom stereocenters. The van der Waals surface area contributed by atoms with Gasteiger partial charge in [-0.15, -0.1) is 0 Å². The normalized spacial score (nSPS) is 15.4. The Bertz CT molecular complexity index is 530. The molecule has 0 bridgehead atoms. The van der Waals surface area contributed by atoms with Gasteiger partial charge in [0.25, 0.3) is 5.91 Å². The first-order valence-electron chi connectivity index (χ1n) is 7.68. The lowest BCUT2D eigenvalue weighted by molar-refractivity contribution is -0.897. The van der Waals surface area contributed by atoms with Crippen molar-refractivity contribution in [2.24, 2.45) is 0 Å². The van der Waals surface area contributed by atoms with Crippen LogP contribution in [0.5, 0.6) is 0 Å². The van der Waals surface area contributed by atoms with E-state index in [4.69, 9.17) is 0 Å². The van der Waals surface area contributed by atoms with Gasteiger partial charge in [-0.2, -0.15) is 0 Å². The molecule has 1 aliphatic heterocycles. The van der Waals surface area contributed by atoms with Gasteiger partial charge in [0, 0.05) is 11.5 Å². The van der Waals surface area contributed by atoms with Gasteiger partial charge in [0.2, 0.25) is 5.91 Å². The Balaban J connectivity index is 1.80. The zero-order chi connectivity index (χ0) is 15.9. The summed E-state index contributed by atoms with van der Waals surface area (Å²) in [5.74, 6) is -0.157. The number of likely N-dealkylation sites (tertiary alicyclic amines) is 1. The number of halogens is 1. The lowest BCUT2D eigenvalue weighted by Crippen LogP contribution is -3.13. The molecule has 0 atom stereocenters. The van der Waals surface area contributed by atoms with Crippen LogP contribution in [0.4, 0.5) is 5.69 Å². The van der Waals surface area contributed by atoms with Crippen LogP contribution >= 0.6 is 15.9 Å². The number of amides is 2. The standard InChI is InChI=1S/C16H22BrN3O2/c1-19(16(22)12-20-9-5-2-6-10-20)11-15(21)18-14-8-4-3-7-13(14)17/h3-4,7-8H,2,5-6,9-12H2,1H3,(H,18,21)/p+1. The molecule has 0 saturated carbocycles. The van der Waals surface area contributed by atoms with E-state index in [1.807, 2.05) is 24.3 Å². The summed E-state index contributed by atoms with van der Waals surface area (Å²) in [6.07, 6.45) is 3.64. The second-order valence-corrected chi connectivity index (χ2v) is 6.62. The van der Waals surface area contributed by atoms with Crippen molar-refractivity contribution in [1.82, 2.24) is 4.90 Å². The molecule has 0 radical (unpaired) electrons. The van der Waals surface area contributed by atoms with Gasteiger partial charge in [0.1, 0.15) is 0 Å². The highest BCUT2D eigenvalue weighted by atomic mass is 79.9. The van der Waals surface area contributed by atoms with Gasteiger partial charge in [-0.1, -0.05) is 12.1 Å². The van der Waals surface area contributed by atoms with Gasteiger partial charge in [-0.25, -0.2) is 0 Å². The van der Waals surface area contributed by atoms with E-state index in [-0.39, 0.29) is 18.4 Å². The summed E-state index contributed by atoms with van der Waals surface area (Å²) in [6, 6.07) is 7.43. The number of nitrogens with one attached hydrogen (secondary N) is 2. The third-order valence-corrected chi connectivity index (χ3v) is 4.61. The van der Waals surface area contributed by atoms with Gasteiger partial charge in [0.05, 0.1) is 25.3 Å². The monoisotopic (exact) mass is 368 g/mol. The van der Waals surface area contributed by atoms with Crippen LogP contribution < -0.4 is 10.2 Å². The molecular weight excluding hydrogens is 346 g/mol. The van der Waals surface area contributed by atoms with E-state index in [9.17, 15) is 9.59 Å². The molecule has 6 heteroatoms. The summed E-state index contributed by atoms with van der Waals surface area (Å²) < 4.78 is 0.829. The van der Waals surface area contributed by atoms with Crippen LogP contribution in [0.3, 0.4) is 0 Å². The highest BCUT2D eigenvalue weighted by Crippen LogP contribution is 2.20. The molecule has 0 spiro atoms. The molecule has 2 amide bonds. The highest BCUT2D eigenvalue weighted by Gasteiger charge is 2.21. The second kappa shape index (κ2) is 8.29. The van der Waals surface area contributed by atoms with E-state index >= 15 is 0 Å². The minimum atomic E-state index is -0.184. The lowest BCUT2D eigenvalue weighted by atomic mass is 10.1. The predicted molar refractivity (Wildman–Crippen MR) is 89.8 cm³/mol. The molecule has 22 heavy (non-hydrogen) atoms. The van der Waals surface area contributed by atoms with E-state index in [0.717, 1.165) is 23.2 Å². The largest absolute Gasteiger partial charge is 0.332 e. The van der Waals surface area contributed by atoms with Gasteiger partial charge in [0.15, 0.2) is 6.54 Å². The number of anilines is 1. The molecular formula is C16H23BrN3O2+. The first-order chi connectivity index (χ1) is 10.6. The van der Waals surface area contributed by atoms with Crippen molar-refractivity contribution in [2.75, 3.05) is 38.5 Å². The lowest BCUT2D eigenvalue weighted by Gasteiger charge is -2.25. The summed E-state index contributed by atoms with van der Waals surface area (Å²) in [7, 11) is 1.69. The molecule has 1 saturated heterocycles. The molecule has 5 nitrogen and oxygen atoms in total. The average molecular weight is 369 g/mol. The average Bonchev–Trinajstić information content (AvgIpc) is 2.50. The van der Waals surface area contributed by atoms with Crippen LogP contribution in [0.25, 0.3) is 0 Å². The SMILES string of the molecule is CN(CC(=O)Nc1ccccc1Br)C(=O)C[NH+]1CCCCC1. The van der Waals surface area contributed by atoms with E-state index in [2.05, 4.69) is 21.2 Å². The van der Waals surface area contributed by atoms with Gasteiger partial charge < -0.3 is 15.1 Å². The number of nitrogens with zero attached hydrogens (tertiary/aromatic N) is 1. The first kappa shape index (κ1) is 17.0. The van der Waals surface area contributed by atoms with E-state index < -0.39 is 0 Å². The minimum Gasteiger partial charge on any atom is -0.332 e. The van der Waals surface area contributed by atoms with Crippen LogP contribution in [0.2, 0.25) is 0 Å². The Morgan fingerprint density at radius 2 is 1.91 bits per heavy atom. The second-order valence-electron chi connectivity index (χ2n) is 5.77. The number of hydrogen-bond donors (Lipinski definition) is 2. The summed E-state index contributed by atoms with van der Waals surface area (Å²) in [6.45, 7) is 2.68. The maximum Gasteiger partial charge on any atom is 0.277 e. The number of carbonyl (C=O) groups is 2. The minimum absolute atomic E-state index is 0.0270. The Morgan fingerprint density at radius 1 is 1.23 bits per heavy atom. The molecule has 2 rings (SSSR count). The molecule has 1 aliphatic rings. The third-order valence-electron chi connectivity index (χ3n) is 3.92. The molecule has 1 aromatic rings. The van der Waals surface area contributed by atoms with Gasteiger partial charge >= 0.3 is 0 Å². The van der Waals surface area contributed by atoms with Crippen LogP contribution in [-0.4, -0.2) is 49.9 Å². The highest BCUT2D eigenvalue weighted by molar-refractivity contribution is 9.10. The molecule has 2 N–H and O–H groups in total. The third kappa shape index (κ3) is 5.10. The fourth-order valence-corrected chi connectivity index (χ4v) is 3.02. The Kier molecular flexibility index (Phi) is 6.39. The topological polar surface area (TPSA) is 53.9 Å². The maximum atomic E-state index is 12.2. The van der Waals surface area contributed by atoms with E-state index in [0.29, 0.717) is 6.54 Å². The van der Waals surface area contributed by atoms with E-state index in [1.54, 1.807) is 7.05 Å². The molecule has 0 aromatic heterocycles. The number of rotatable bonds is 5. The zero-order valence-electron chi connectivity index (χ0n) is 12.9. The first-order valence-corrected chi connectivity index (χ1v) is 8.47. The number of hydrogen-bond acceptors (Lipinski definition) is 2. The molecule has 0 aliphatic carbocycles. The molecule has 1 heterocycles. The van der Waals surface area contributed by atoms with Crippen LogP contribution in [0.15, 0.2) is 28.7 Å². The van der Waals surface area contributed by atoms with Gasteiger partial charge in [-0.3, -0.25) is 9.59 Å². The Labute approximate surface area is 139 Å². The zero-order valence-corrected chi connectivity index (χ0v) is 14.5. The fraction of sp³-hybridized carbons (Fsp3) is 0.500. The van der Waals surface area contributed by atoms with Crippen molar-refractivity contribution < 1.29 is 14.5 Å². The van der Waals surface area contributed by atoms with Crippen molar-refractivity contribution in [3.05, 3.63) is 28.7 Å². The number of carbonyl (C=O) groups excluding carboxylic acids is 2. The summed E-state index contributed by atoms with van der Waals surface area (Å²) >= 11 is 3.39. The molecule has 1 aromatic carbocycles. The summed E-state index contributed by atoms with van der Waals surface area (Å²) in [4.78, 5) is 27.1. The summed E-state index contributed by atoms with van der Waals surface area (Å²) in [5, 5.41) is 2.81. The fourth-order valence-electron chi connectivity index (χ4n) is 2.63. The molecule has 1 fully saturated rings. The number of piperidine rings is 1. The predicted octanol–water partition coefficient (Wildman–Crippen LogP) is 0.915.